The molecule has 1 atom stereocenters. The number of hydrogen-bond acceptors (Lipinski definition) is 4. The van der Waals surface area contributed by atoms with Crippen molar-refractivity contribution in [2.45, 2.75) is 25.9 Å². The number of hydrogen-bond donors (Lipinski definition) is 1. The highest BCUT2D eigenvalue weighted by atomic mass is 16.5. The topological polar surface area (TPSA) is 68.8 Å². The third-order valence-corrected chi connectivity index (χ3v) is 2.31. The van der Waals surface area contributed by atoms with Gasteiger partial charge in [-0.05, 0) is 31.5 Å². The molecule has 1 aromatic carbocycles. The van der Waals surface area contributed by atoms with Gasteiger partial charge in [0, 0.05) is 6.04 Å². The Morgan fingerprint density at radius 2 is 2.00 bits per heavy atom. The first-order chi connectivity index (χ1) is 8.12. The van der Waals surface area contributed by atoms with Crippen molar-refractivity contribution in [2.75, 3.05) is 7.11 Å². The molecule has 0 radical (unpaired) electrons. The van der Waals surface area contributed by atoms with Gasteiger partial charge >= 0.3 is 0 Å². The van der Waals surface area contributed by atoms with Crippen molar-refractivity contribution in [3.63, 3.8) is 0 Å². The zero-order chi connectivity index (χ0) is 12.8. The molecule has 0 aliphatic rings. The maximum absolute atomic E-state index is 9.09. The number of rotatable bonds is 4. The molecule has 1 rings (SSSR count). The number of benzene rings is 1. The average Bonchev–Trinajstić information content (AvgIpc) is 2.34. The van der Waals surface area contributed by atoms with Crippen LogP contribution in [0.25, 0.3) is 0 Å². The molecule has 0 bridgehead atoms. The molecule has 1 N–H and O–H groups in total. The molecule has 88 valence electrons. The van der Waals surface area contributed by atoms with Gasteiger partial charge in [-0.1, -0.05) is 6.07 Å². The van der Waals surface area contributed by atoms with Crippen LogP contribution in [0.5, 0.6) is 5.75 Å². The zero-order valence-electron chi connectivity index (χ0n) is 10.2. The fourth-order valence-electron chi connectivity index (χ4n) is 1.53. The highest BCUT2D eigenvalue weighted by molar-refractivity contribution is 5.46. The van der Waals surface area contributed by atoms with Crippen LogP contribution in [-0.2, 0) is 0 Å². The monoisotopic (exact) mass is 229 g/mol. The summed E-state index contributed by atoms with van der Waals surface area (Å²) >= 11 is 0. The maximum atomic E-state index is 9.09. The van der Waals surface area contributed by atoms with E-state index in [1.54, 1.807) is 18.2 Å². The minimum absolute atomic E-state index is 0.201. The van der Waals surface area contributed by atoms with E-state index < -0.39 is 6.04 Å². The second kappa shape index (κ2) is 5.89. The standard InChI is InChI=1S/C13H15N3O/c1-9(2)16-12(8-15)10-4-5-13(17-3)11(6-10)7-14/h4-6,9,12,16H,1-3H3. The minimum Gasteiger partial charge on any atom is -0.495 e. The molecule has 0 aliphatic heterocycles. The Bertz CT molecular complexity index is 469. The van der Waals surface area contributed by atoms with Crippen LogP contribution >= 0.6 is 0 Å². The Balaban J connectivity index is 3.07. The number of nitrogens with zero attached hydrogens (tertiary/aromatic N) is 2. The fourth-order valence-corrected chi connectivity index (χ4v) is 1.53. The quantitative estimate of drug-likeness (QED) is 0.858. The van der Waals surface area contributed by atoms with Gasteiger partial charge in [0.1, 0.15) is 17.9 Å². The summed E-state index contributed by atoms with van der Waals surface area (Å²) in [4.78, 5) is 0. The van der Waals surface area contributed by atoms with Gasteiger partial charge in [-0.25, -0.2) is 0 Å². The molecule has 0 saturated carbocycles. The van der Waals surface area contributed by atoms with Gasteiger partial charge in [-0.2, -0.15) is 10.5 Å². The molecule has 0 saturated heterocycles. The van der Waals surface area contributed by atoms with Gasteiger partial charge in [-0.15, -0.1) is 0 Å². The molecular weight excluding hydrogens is 214 g/mol. The molecule has 0 amide bonds. The fraction of sp³-hybridized carbons (Fsp3) is 0.385. The Labute approximate surface area is 101 Å². The largest absolute Gasteiger partial charge is 0.495 e. The number of nitrogens with one attached hydrogen (secondary N) is 1. The van der Waals surface area contributed by atoms with E-state index in [0.29, 0.717) is 11.3 Å². The molecule has 0 spiro atoms. The van der Waals surface area contributed by atoms with Crippen LogP contribution in [0.2, 0.25) is 0 Å². The lowest BCUT2D eigenvalue weighted by Gasteiger charge is -2.15. The normalized spacial score (nSPS) is 11.6. The second-order valence-electron chi connectivity index (χ2n) is 3.96. The molecular formula is C13H15N3O. The van der Waals surface area contributed by atoms with Crippen LogP contribution in [0.4, 0.5) is 0 Å². The van der Waals surface area contributed by atoms with Gasteiger partial charge in [0.15, 0.2) is 0 Å². The summed E-state index contributed by atoms with van der Waals surface area (Å²) < 4.78 is 5.06. The summed E-state index contributed by atoms with van der Waals surface area (Å²) in [6.45, 7) is 3.94. The lowest BCUT2D eigenvalue weighted by Crippen LogP contribution is -2.27. The van der Waals surface area contributed by atoms with E-state index in [-0.39, 0.29) is 6.04 Å². The van der Waals surface area contributed by atoms with E-state index in [2.05, 4.69) is 17.5 Å². The average molecular weight is 229 g/mol. The first-order valence-corrected chi connectivity index (χ1v) is 5.36. The predicted molar refractivity (Wildman–Crippen MR) is 64.3 cm³/mol. The predicted octanol–water partition coefficient (Wildman–Crippen LogP) is 2.13. The Morgan fingerprint density at radius 3 is 2.47 bits per heavy atom. The van der Waals surface area contributed by atoms with Crippen molar-refractivity contribution in [2.24, 2.45) is 0 Å². The van der Waals surface area contributed by atoms with Gasteiger partial charge in [-0.3, -0.25) is 5.32 Å². The maximum Gasteiger partial charge on any atom is 0.136 e. The van der Waals surface area contributed by atoms with Crippen molar-refractivity contribution >= 4 is 0 Å². The first kappa shape index (κ1) is 13.0. The molecule has 1 unspecified atom stereocenters. The third kappa shape index (κ3) is 3.21. The Morgan fingerprint density at radius 1 is 1.29 bits per heavy atom. The van der Waals surface area contributed by atoms with E-state index in [4.69, 9.17) is 15.3 Å². The van der Waals surface area contributed by atoms with Gasteiger partial charge in [0.05, 0.1) is 18.7 Å². The van der Waals surface area contributed by atoms with Gasteiger partial charge < -0.3 is 4.74 Å². The lowest BCUT2D eigenvalue weighted by molar-refractivity contribution is 0.413. The van der Waals surface area contributed by atoms with E-state index in [1.165, 1.54) is 7.11 Å². The van der Waals surface area contributed by atoms with Crippen molar-refractivity contribution in [1.82, 2.24) is 5.32 Å². The van der Waals surface area contributed by atoms with Crippen molar-refractivity contribution < 1.29 is 4.74 Å². The van der Waals surface area contributed by atoms with E-state index in [9.17, 15) is 0 Å². The number of ether oxygens (including phenoxy) is 1. The Kier molecular flexibility index (Phi) is 4.51. The highest BCUT2D eigenvalue weighted by Crippen LogP contribution is 2.22. The van der Waals surface area contributed by atoms with Gasteiger partial charge in [0.25, 0.3) is 0 Å². The molecule has 0 aromatic heterocycles. The summed E-state index contributed by atoms with van der Waals surface area (Å²) in [5, 5.41) is 21.2. The molecule has 17 heavy (non-hydrogen) atoms. The second-order valence-corrected chi connectivity index (χ2v) is 3.96. The molecule has 4 nitrogen and oxygen atoms in total. The molecule has 1 aromatic rings. The van der Waals surface area contributed by atoms with E-state index in [0.717, 1.165) is 5.56 Å². The van der Waals surface area contributed by atoms with Crippen LogP contribution < -0.4 is 10.1 Å². The SMILES string of the molecule is COc1ccc(C(C#N)NC(C)C)cc1C#N. The summed E-state index contributed by atoms with van der Waals surface area (Å²) in [5.41, 5.74) is 1.22. The van der Waals surface area contributed by atoms with E-state index in [1.807, 2.05) is 13.8 Å². The Hall–Kier alpha value is -2.04. The lowest BCUT2D eigenvalue weighted by atomic mass is 10.0. The van der Waals surface area contributed by atoms with Crippen LogP contribution in [0.15, 0.2) is 18.2 Å². The van der Waals surface area contributed by atoms with Crippen molar-refractivity contribution in [3.8, 4) is 17.9 Å². The van der Waals surface area contributed by atoms with Gasteiger partial charge in [0.2, 0.25) is 0 Å². The van der Waals surface area contributed by atoms with Crippen molar-refractivity contribution in [3.05, 3.63) is 29.3 Å². The molecule has 0 heterocycles. The number of methoxy groups -OCH3 is 1. The first-order valence-electron chi connectivity index (χ1n) is 5.36. The molecule has 4 heteroatoms. The summed E-state index contributed by atoms with van der Waals surface area (Å²) in [7, 11) is 1.52. The highest BCUT2D eigenvalue weighted by Gasteiger charge is 2.13. The minimum atomic E-state index is -0.409. The van der Waals surface area contributed by atoms with Crippen molar-refractivity contribution in [1.29, 1.82) is 10.5 Å². The smallest absolute Gasteiger partial charge is 0.136 e. The van der Waals surface area contributed by atoms with Crippen LogP contribution in [0.3, 0.4) is 0 Å². The van der Waals surface area contributed by atoms with Crippen LogP contribution in [-0.4, -0.2) is 13.2 Å². The molecule has 0 fully saturated rings. The van der Waals surface area contributed by atoms with Crippen LogP contribution in [0, 0.1) is 22.7 Å². The molecule has 0 aliphatic carbocycles. The third-order valence-electron chi connectivity index (χ3n) is 2.31. The van der Waals surface area contributed by atoms with E-state index >= 15 is 0 Å². The summed E-state index contributed by atoms with van der Waals surface area (Å²) in [5.74, 6) is 0.525. The summed E-state index contributed by atoms with van der Waals surface area (Å²) in [6.07, 6.45) is 0. The van der Waals surface area contributed by atoms with Crippen LogP contribution in [0.1, 0.15) is 31.0 Å². The number of nitriles is 2. The summed E-state index contributed by atoms with van der Waals surface area (Å²) in [6, 6.07) is 9.21. The zero-order valence-corrected chi connectivity index (χ0v) is 10.2.